The molecule has 0 N–H and O–H groups in total. The molecule has 0 saturated heterocycles. The van der Waals surface area contributed by atoms with Gasteiger partial charge in [0.25, 0.3) is 0 Å². The number of para-hydroxylation sites is 4. The normalized spacial score (nSPS) is 11.9. The van der Waals surface area contributed by atoms with Crippen LogP contribution < -0.4 is 9.80 Å². The van der Waals surface area contributed by atoms with Crippen LogP contribution in [0.25, 0.3) is 74.8 Å². The van der Waals surface area contributed by atoms with Gasteiger partial charge in [0, 0.05) is 43.3 Å². The number of hydrogen-bond acceptors (Lipinski definition) is 5. The summed E-state index contributed by atoms with van der Waals surface area (Å²) in [5.74, 6) is 0. The molecule has 0 bridgehead atoms. The van der Waals surface area contributed by atoms with Gasteiger partial charge in [0.05, 0.1) is 32.5 Å². The molecule has 0 saturated carbocycles. The molecule has 12 aromatic rings. The van der Waals surface area contributed by atoms with E-state index in [1.807, 2.05) is 23.5 Å². The predicted molar refractivity (Wildman–Crippen MR) is 241 cm³/mol. The van der Waals surface area contributed by atoms with Crippen LogP contribution in [0.5, 0.6) is 0 Å². The van der Waals surface area contributed by atoms with Gasteiger partial charge in [-0.05, 0) is 83.6 Å². The molecule has 12 rings (SSSR count). The molecule has 0 aliphatic rings. The second-order valence-corrected chi connectivity index (χ2v) is 15.5. The van der Waals surface area contributed by atoms with Crippen LogP contribution in [-0.2, 0) is 0 Å². The van der Waals surface area contributed by atoms with Gasteiger partial charge >= 0.3 is 0 Å². The van der Waals surface area contributed by atoms with Crippen molar-refractivity contribution in [1.82, 2.24) is 0 Å². The van der Waals surface area contributed by atoms with Gasteiger partial charge in [-0.2, -0.15) is 0 Å². The SMILES string of the molecule is c1ccc(N(c2cc(N(c3ccccc3)c3cccc4oc5ccccc5c34)c3sc4c5ccccc5ccc4c3c2)c2cccc3oc4ccccc4c23)cc1. The molecule has 4 nitrogen and oxygen atoms in total. The van der Waals surface area contributed by atoms with Gasteiger partial charge in [-0.1, -0.05) is 121 Å². The lowest BCUT2D eigenvalue weighted by atomic mass is 10.0. The first kappa shape index (κ1) is 32.0. The van der Waals surface area contributed by atoms with Crippen molar-refractivity contribution < 1.29 is 8.83 Å². The minimum atomic E-state index is 0.854. The fourth-order valence-electron chi connectivity index (χ4n) is 8.74. The molecule has 3 heterocycles. The van der Waals surface area contributed by atoms with Crippen molar-refractivity contribution in [2.45, 2.75) is 0 Å². The zero-order valence-electron chi connectivity index (χ0n) is 30.6. The van der Waals surface area contributed by atoms with Crippen molar-refractivity contribution in [2.75, 3.05) is 9.80 Å². The van der Waals surface area contributed by atoms with Crippen LogP contribution in [0.2, 0.25) is 0 Å². The minimum Gasteiger partial charge on any atom is -0.456 e. The van der Waals surface area contributed by atoms with E-state index in [4.69, 9.17) is 8.83 Å². The summed E-state index contributed by atoms with van der Waals surface area (Å²) in [7, 11) is 0. The Kier molecular flexibility index (Phi) is 7.06. The highest BCUT2D eigenvalue weighted by Gasteiger charge is 2.26. The fourth-order valence-corrected chi connectivity index (χ4v) is 10.1. The molecule has 57 heavy (non-hydrogen) atoms. The number of furan rings is 2. The van der Waals surface area contributed by atoms with Gasteiger partial charge in [0.1, 0.15) is 22.3 Å². The third-order valence-electron chi connectivity index (χ3n) is 11.2. The minimum absolute atomic E-state index is 0.854. The third kappa shape index (κ3) is 4.93. The third-order valence-corrected chi connectivity index (χ3v) is 12.5. The first-order valence-corrected chi connectivity index (χ1v) is 20.0. The summed E-state index contributed by atoms with van der Waals surface area (Å²) in [6.45, 7) is 0. The summed E-state index contributed by atoms with van der Waals surface area (Å²) in [5.41, 5.74) is 9.80. The van der Waals surface area contributed by atoms with E-state index >= 15 is 0 Å². The largest absolute Gasteiger partial charge is 0.456 e. The van der Waals surface area contributed by atoms with E-state index in [1.165, 1.54) is 30.9 Å². The Hall–Kier alpha value is -7.34. The maximum absolute atomic E-state index is 6.50. The average molecular weight is 749 g/mol. The van der Waals surface area contributed by atoms with Gasteiger partial charge < -0.3 is 18.6 Å². The molecule has 0 fully saturated rings. The highest BCUT2D eigenvalue weighted by atomic mass is 32.1. The predicted octanol–water partition coefficient (Wildman–Crippen LogP) is 15.9. The van der Waals surface area contributed by atoms with Gasteiger partial charge in [-0.25, -0.2) is 0 Å². The molecule has 0 unspecified atom stereocenters. The quantitative estimate of drug-likeness (QED) is 0.170. The number of fused-ring (bicyclic) bond motifs is 11. The van der Waals surface area contributed by atoms with Crippen molar-refractivity contribution in [3.8, 4) is 0 Å². The van der Waals surface area contributed by atoms with Gasteiger partial charge in [0.15, 0.2) is 0 Å². The van der Waals surface area contributed by atoms with Crippen LogP contribution in [0.1, 0.15) is 0 Å². The number of nitrogens with zero attached hydrogens (tertiary/aromatic N) is 2. The van der Waals surface area contributed by atoms with E-state index in [-0.39, 0.29) is 0 Å². The maximum atomic E-state index is 6.50. The Morgan fingerprint density at radius 2 is 0.842 bits per heavy atom. The number of thiophene rings is 1. The van der Waals surface area contributed by atoms with E-state index in [0.29, 0.717) is 0 Å². The highest BCUT2D eigenvalue weighted by Crippen LogP contribution is 2.52. The topological polar surface area (TPSA) is 32.8 Å². The van der Waals surface area contributed by atoms with Gasteiger partial charge in [-0.15, -0.1) is 11.3 Å². The molecule has 0 atom stereocenters. The van der Waals surface area contributed by atoms with Crippen molar-refractivity contribution in [2.24, 2.45) is 0 Å². The standard InChI is InChI=1S/C52H32N2O2S/c1-3-16-34(17-4-1)53(42-23-13-27-47-49(42)39-21-9-11-25-45(39)55-47)36-31-41-38-30-29-33-15-7-8-20-37(33)51(38)57-52(41)44(32-36)54(35-18-5-2-6-19-35)43-24-14-28-48-50(43)40-22-10-12-26-46(40)56-48/h1-32H. The molecule has 268 valence electrons. The summed E-state index contributed by atoms with van der Waals surface area (Å²) >= 11 is 1.87. The van der Waals surface area contributed by atoms with Crippen LogP contribution in [0.4, 0.5) is 34.1 Å². The molecular formula is C52H32N2O2S. The molecule has 0 amide bonds. The molecule has 5 heteroatoms. The summed E-state index contributed by atoms with van der Waals surface area (Å²) in [6, 6.07) is 69.0. The average Bonchev–Trinajstić information content (AvgIpc) is 3.97. The molecular weight excluding hydrogens is 717 g/mol. The second-order valence-electron chi connectivity index (χ2n) is 14.4. The van der Waals surface area contributed by atoms with Crippen molar-refractivity contribution >= 4 is 120 Å². The van der Waals surface area contributed by atoms with Crippen molar-refractivity contribution in [1.29, 1.82) is 0 Å². The number of rotatable bonds is 6. The molecule has 9 aromatic carbocycles. The van der Waals surface area contributed by atoms with Crippen LogP contribution >= 0.6 is 11.3 Å². The fraction of sp³-hybridized carbons (Fsp3) is 0. The first-order valence-electron chi connectivity index (χ1n) is 19.2. The Morgan fingerprint density at radius 3 is 1.49 bits per heavy atom. The van der Waals surface area contributed by atoms with Crippen molar-refractivity contribution in [3.05, 3.63) is 194 Å². The molecule has 0 aliphatic heterocycles. The van der Waals surface area contributed by atoms with Gasteiger partial charge in [-0.3, -0.25) is 0 Å². The van der Waals surface area contributed by atoms with Crippen LogP contribution in [0.3, 0.4) is 0 Å². The summed E-state index contributed by atoms with van der Waals surface area (Å²) < 4.78 is 15.5. The number of hydrogen-bond donors (Lipinski definition) is 0. The lowest BCUT2D eigenvalue weighted by Gasteiger charge is -2.30. The maximum Gasteiger partial charge on any atom is 0.137 e. The van der Waals surface area contributed by atoms with E-state index in [2.05, 4.69) is 192 Å². The Bertz CT molecular complexity index is 3490. The van der Waals surface area contributed by atoms with E-state index in [0.717, 1.165) is 78.0 Å². The zero-order chi connectivity index (χ0) is 37.5. The van der Waals surface area contributed by atoms with Crippen LogP contribution in [0.15, 0.2) is 203 Å². The zero-order valence-corrected chi connectivity index (χ0v) is 31.4. The van der Waals surface area contributed by atoms with Crippen LogP contribution in [0, 0.1) is 0 Å². The summed E-state index contributed by atoms with van der Waals surface area (Å²) in [5, 5.41) is 9.25. The molecule has 0 aliphatic carbocycles. The van der Waals surface area contributed by atoms with E-state index in [9.17, 15) is 0 Å². The highest BCUT2D eigenvalue weighted by molar-refractivity contribution is 7.27. The smallest absolute Gasteiger partial charge is 0.137 e. The lowest BCUT2D eigenvalue weighted by molar-refractivity contribution is 0.668. The number of anilines is 6. The monoisotopic (exact) mass is 748 g/mol. The van der Waals surface area contributed by atoms with Crippen LogP contribution in [-0.4, -0.2) is 0 Å². The lowest BCUT2D eigenvalue weighted by Crippen LogP contribution is -2.14. The Balaban J connectivity index is 1.24. The molecule has 0 spiro atoms. The van der Waals surface area contributed by atoms with E-state index in [1.54, 1.807) is 0 Å². The van der Waals surface area contributed by atoms with E-state index < -0.39 is 0 Å². The van der Waals surface area contributed by atoms with Gasteiger partial charge in [0.2, 0.25) is 0 Å². The Labute approximate surface area is 331 Å². The van der Waals surface area contributed by atoms with Crippen molar-refractivity contribution in [3.63, 3.8) is 0 Å². The second kappa shape index (κ2) is 12.6. The first-order chi connectivity index (χ1) is 28.3. The number of benzene rings is 9. The summed E-state index contributed by atoms with van der Waals surface area (Å²) in [6.07, 6.45) is 0. The summed E-state index contributed by atoms with van der Waals surface area (Å²) in [4.78, 5) is 4.83. The Morgan fingerprint density at radius 1 is 0.316 bits per heavy atom. The molecule has 3 aromatic heterocycles. The molecule has 0 radical (unpaired) electrons.